The molecule has 0 spiro atoms. The van der Waals surface area contributed by atoms with E-state index in [1.54, 1.807) is 0 Å². The van der Waals surface area contributed by atoms with E-state index in [-0.39, 0.29) is 15.0 Å². The molecule has 1 amide bonds. The maximum absolute atomic E-state index is 12.2. The number of hydrogen-bond donors (Lipinski definition) is 0. The van der Waals surface area contributed by atoms with Crippen molar-refractivity contribution in [1.82, 2.24) is 4.90 Å². The van der Waals surface area contributed by atoms with Crippen molar-refractivity contribution >= 4 is 35.0 Å². The summed E-state index contributed by atoms with van der Waals surface area (Å²) in [6, 6.07) is 14.6. The first kappa shape index (κ1) is 11.8. The molecule has 1 saturated heterocycles. The molecule has 0 bridgehead atoms. The molecule has 3 rings (SSSR count). The first-order valence-electron chi connectivity index (χ1n) is 6.29. The Kier molecular flexibility index (Phi) is 3.35. The van der Waals surface area contributed by atoms with Gasteiger partial charge in [-0.15, -0.1) is 0 Å². The first-order chi connectivity index (χ1) is 8.84. The van der Waals surface area contributed by atoms with Crippen molar-refractivity contribution in [2.75, 3.05) is 13.1 Å². The number of carbonyl (C=O) groups excluding carboxylic acids is 1. The van der Waals surface area contributed by atoms with Crippen molar-refractivity contribution in [1.29, 1.82) is 0 Å². The third-order valence-corrected chi connectivity index (χ3v) is 5.43. The van der Waals surface area contributed by atoms with E-state index < -0.39 is 0 Å². The van der Waals surface area contributed by atoms with E-state index in [0.29, 0.717) is 4.81 Å². The number of carbonyl (C=O) groups is 1. The fraction of sp³-hybridized carbons (Fsp3) is 0.267. The molecule has 2 aromatic rings. The molecule has 0 radical (unpaired) electrons. The minimum absolute atomic E-state index is 0.0921. The van der Waals surface area contributed by atoms with E-state index in [9.17, 15) is 4.79 Å². The van der Waals surface area contributed by atoms with Gasteiger partial charge in [-0.2, -0.15) is 0 Å². The van der Waals surface area contributed by atoms with Crippen molar-refractivity contribution in [2.24, 2.45) is 0 Å². The Labute approximate surface area is 113 Å². The predicted octanol–water partition coefficient (Wildman–Crippen LogP) is 2.39. The molecule has 2 aromatic carbocycles. The van der Waals surface area contributed by atoms with Gasteiger partial charge in [-0.05, 0) is 0 Å². The van der Waals surface area contributed by atoms with Gasteiger partial charge >= 0.3 is 113 Å². The average Bonchev–Trinajstić information content (AvgIpc) is 2.93. The van der Waals surface area contributed by atoms with Crippen LogP contribution in [0.3, 0.4) is 0 Å². The van der Waals surface area contributed by atoms with Crippen LogP contribution in [0.1, 0.15) is 12.8 Å². The van der Waals surface area contributed by atoms with Gasteiger partial charge in [0.05, 0.1) is 0 Å². The van der Waals surface area contributed by atoms with Crippen LogP contribution in [0.2, 0.25) is 0 Å². The summed E-state index contributed by atoms with van der Waals surface area (Å²) >= 11 is -0.0921. The van der Waals surface area contributed by atoms with Crippen LogP contribution < -0.4 is 4.46 Å². The number of rotatable bonds is 2. The van der Waals surface area contributed by atoms with E-state index in [1.807, 2.05) is 17.0 Å². The molecule has 3 heteroatoms. The van der Waals surface area contributed by atoms with Crippen LogP contribution >= 0.6 is 0 Å². The number of nitrogens with zero attached hydrogens (tertiary/aromatic N) is 1. The zero-order valence-corrected chi connectivity index (χ0v) is 11.8. The Balaban J connectivity index is 1.88. The molecule has 1 heterocycles. The second-order valence-electron chi connectivity index (χ2n) is 4.54. The Morgan fingerprint density at radius 1 is 1.00 bits per heavy atom. The molecule has 0 unspecified atom stereocenters. The summed E-state index contributed by atoms with van der Waals surface area (Å²) in [4.78, 5) is 14.6. The van der Waals surface area contributed by atoms with Crippen LogP contribution in [0.15, 0.2) is 42.5 Å². The molecule has 0 aromatic heterocycles. The van der Waals surface area contributed by atoms with Crippen LogP contribution in [-0.4, -0.2) is 37.8 Å². The van der Waals surface area contributed by atoms with Gasteiger partial charge in [0.25, 0.3) is 0 Å². The minimum atomic E-state index is -0.0921. The Morgan fingerprint density at radius 3 is 2.56 bits per heavy atom. The van der Waals surface area contributed by atoms with E-state index >= 15 is 0 Å². The van der Waals surface area contributed by atoms with Gasteiger partial charge in [-0.1, -0.05) is 0 Å². The zero-order chi connectivity index (χ0) is 12.4. The zero-order valence-electron chi connectivity index (χ0n) is 10.1. The summed E-state index contributed by atoms with van der Waals surface area (Å²) in [5, 5.41) is 2.46. The molecule has 0 aliphatic carbocycles. The number of benzene rings is 2. The SMILES string of the molecule is O=C([Se]c1cccc2ccccc12)N1CCCC1. The van der Waals surface area contributed by atoms with Crippen LogP contribution in [0.25, 0.3) is 10.8 Å². The number of amides is 1. The Bertz CT molecular complexity index is 570. The van der Waals surface area contributed by atoms with Gasteiger partial charge in [-0.3, -0.25) is 0 Å². The second kappa shape index (κ2) is 5.13. The topological polar surface area (TPSA) is 20.3 Å². The van der Waals surface area contributed by atoms with Gasteiger partial charge in [0.15, 0.2) is 0 Å². The van der Waals surface area contributed by atoms with Gasteiger partial charge in [0.1, 0.15) is 0 Å². The van der Waals surface area contributed by atoms with E-state index in [4.69, 9.17) is 0 Å². The van der Waals surface area contributed by atoms with Crippen molar-refractivity contribution in [3.05, 3.63) is 42.5 Å². The standard InChI is InChI=1S/C15H15NOSe/c17-15(16-10-3-4-11-16)18-14-9-5-7-12-6-1-2-8-13(12)14/h1-2,5-9H,3-4,10-11H2. The summed E-state index contributed by atoms with van der Waals surface area (Å²) in [7, 11) is 0. The fourth-order valence-corrected chi connectivity index (χ4v) is 4.32. The molecule has 92 valence electrons. The number of hydrogen-bond acceptors (Lipinski definition) is 1. The van der Waals surface area contributed by atoms with Crippen LogP contribution in [0, 0.1) is 0 Å². The fourth-order valence-electron chi connectivity index (χ4n) is 2.34. The Morgan fingerprint density at radius 2 is 1.72 bits per heavy atom. The van der Waals surface area contributed by atoms with E-state index in [1.165, 1.54) is 15.2 Å². The molecule has 0 N–H and O–H groups in total. The molecule has 0 atom stereocenters. The molecular formula is C15H15NOSe. The molecule has 18 heavy (non-hydrogen) atoms. The quantitative estimate of drug-likeness (QED) is 0.780. The van der Waals surface area contributed by atoms with Gasteiger partial charge < -0.3 is 0 Å². The van der Waals surface area contributed by atoms with Crippen molar-refractivity contribution < 1.29 is 4.79 Å². The van der Waals surface area contributed by atoms with E-state index in [2.05, 4.69) is 30.3 Å². The summed E-state index contributed by atoms with van der Waals surface area (Å²) in [6.07, 6.45) is 2.33. The maximum atomic E-state index is 12.2. The van der Waals surface area contributed by atoms with Crippen molar-refractivity contribution in [3.8, 4) is 0 Å². The van der Waals surface area contributed by atoms with Crippen LogP contribution in [-0.2, 0) is 0 Å². The molecule has 2 nitrogen and oxygen atoms in total. The third kappa shape index (κ3) is 2.29. The number of fused-ring (bicyclic) bond motifs is 1. The average molecular weight is 304 g/mol. The Hall–Kier alpha value is -1.31. The second-order valence-corrected chi connectivity index (χ2v) is 6.62. The summed E-state index contributed by atoms with van der Waals surface area (Å²) in [5.74, 6) is 0. The summed E-state index contributed by atoms with van der Waals surface area (Å²) in [5.41, 5.74) is 0. The number of likely N-dealkylation sites (tertiary alicyclic amines) is 1. The summed E-state index contributed by atoms with van der Waals surface area (Å²) < 4.78 is 1.21. The van der Waals surface area contributed by atoms with Crippen molar-refractivity contribution in [2.45, 2.75) is 12.8 Å². The summed E-state index contributed by atoms with van der Waals surface area (Å²) in [6.45, 7) is 1.90. The predicted molar refractivity (Wildman–Crippen MR) is 75.5 cm³/mol. The molecule has 0 saturated carbocycles. The van der Waals surface area contributed by atoms with Crippen LogP contribution in [0.4, 0.5) is 4.79 Å². The molecule has 1 fully saturated rings. The molecule has 1 aliphatic rings. The first-order valence-corrected chi connectivity index (χ1v) is 8.00. The van der Waals surface area contributed by atoms with Gasteiger partial charge in [0, 0.05) is 0 Å². The normalized spacial score (nSPS) is 15.2. The third-order valence-electron chi connectivity index (χ3n) is 3.31. The van der Waals surface area contributed by atoms with Gasteiger partial charge in [0.2, 0.25) is 0 Å². The van der Waals surface area contributed by atoms with Gasteiger partial charge in [-0.25, -0.2) is 0 Å². The van der Waals surface area contributed by atoms with E-state index in [0.717, 1.165) is 25.9 Å². The molecule has 1 aliphatic heterocycles. The molecular weight excluding hydrogens is 289 g/mol. The van der Waals surface area contributed by atoms with Crippen LogP contribution in [0.5, 0.6) is 0 Å². The van der Waals surface area contributed by atoms with Crippen molar-refractivity contribution in [3.63, 3.8) is 0 Å². The monoisotopic (exact) mass is 305 g/mol.